The largest absolute Gasteiger partial charge is 0.497 e. The first-order chi connectivity index (χ1) is 12.8. The molecular weight excluding hydrogens is 332 g/mol. The van der Waals surface area contributed by atoms with Gasteiger partial charge in [-0.3, -0.25) is 4.90 Å². The SMILES string of the molecule is C=C/C(=C\C(=C)C(=C)/C=C\C(=C)CN1CCC(C)(CC#N)CC1)OC.CC. The average molecular weight is 369 g/mol. The molecule has 0 aliphatic carbocycles. The monoisotopic (exact) mass is 368 g/mol. The topological polar surface area (TPSA) is 36.3 Å². The maximum Gasteiger partial charge on any atom is 0.118 e. The number of nitrogens with zero attached hydrogens (tertiary/aromatic N) is 2. The molecule has 0 amide bonds. The predicted molar refractivity (Wildman–Crippen MR) is 117 cm³/mol. The van der Waals surface area contributed by atoms with Gasteiger partial charge in [-0.15, -0.1) is 0 Å². The van der Waals surface area contributed by atoms with Crippen molar-refractivity contribution in [2.45, 2.75) is 40.0 Å². The van der Waals surface area contributed by atoms with Crippen molar-refractivity contribution in [3.63, 3.8) is 0 Å². The van der Waals surface area contributed by atoms with Crippen molar-refractivity contribution in [3.05, 3.63) is 73.1 Å². The Kier molecular flexibility index (Phi) is 11.8. The van der Waals surface area contributed by atoms with E-state index in [1.54, 1.807) is 13.2 Å². The van der Waals surface area contributed by atoms with E-state index in [2.05, 4.69) is 44.2 Å². The van der Waals surface area contributed by atoms with Crippen LogP contribution in [0.15, 0.2) is 73.1 Å². The Morgan fingerprint density at radius 1 is 1.15 bits per heavy atom. The van der Waals surface area contributed by atoms with Crippen LogP contribution in [0, 0.1) is 16.7 Å². The summed E-state index contributed by atoms with van der Waals surface area (Å²) in [5.74, 6) is 0.659. The van der Waals surface area contributed by atoms with Crippen molar-refractivity contribution in [3.8, 4) is 6.07 Å². The lowest BCUT2D eigenvalue weighted by molar-refractivity contribution is 0.130. The third-order valence-electron chi connectivity index (χ3n) is 4.68. The zero-order valence-corrected chi connectivity index (χ0v) is 17.7. The van der Waals surface area contributed by atoms with Crippen LogP contribution in [0.1, 0.15) is 40.0 Å². The number of methoxy groups -OCH3 is 1. The van der Waals surface area contributed by atoms with Crippen molar-refractivity contribution in [1.29, 1.82) is 5.26 Å². The van der Waals surface area contributed by atoms with Gasteiger partial charge in [0.1, 0.15) is 5.76 Å². The summed E-state index contributed by atoms with van der Waals surface area (Å²) in [6.45, 7) is 24.9. The number of nitriles is 1. The van der Waals surface area contributed by atoms with E-state index < -0.39 is 0 Å². The summed E-state index contributed by atoms with van der Waals surface area (Å²) in [6.07, 6.45) is 10.1. The molecule has 0 aromatic heterocycles. The van der Waals surface area contributed by atoms with Gasteiger partial charge in [0.25, 0.3) is 0 Å². The van der Waals surface area contributed by atoms with Crippen molar-refractivity contribution in [1.82, 2.24) is 4.90 Å². The van der Waals surface area contributed by atoms with Gasteiger partial charge in [0, 0.05) is 13.0 Å². The first-order valence-corrected chi connectivity index (χ1v) is 9.55. The maximum absolute atomic E-state index is 8.93. The Labute approximate surface area is 166 Å². The molecule has 0 atom stereocenters. The molecule has 0 unspecified atom stereocenters. The van der Waals surface area contributed by atoms with Crippen LogP contribution in [0.5, 0.6) is 0 Å². The summed E-state index contributed by atoms with van der Waals surface area (Å²) >= 11 is 0. The molecule has 0 aromatic carbocycles. The Morgan fingerprint density at radius 3 is 2.22 bits per heavy atom. The van der Waals surface area contributed by atoms with Gasteiger partial charge in [-0.05, 0) is 60.2 Å². The van der Waals surface area contributed by atoms with Crippen LogP contribution in [0.4, 0.5) is 0 Å². The van der Waals surface area contributed by atoms with Gasteiger partial charge < -0.3 is 4.74 Å². The number of hydrogen-bond acceptors (Lipinski definition) is 3. The highest BCUT2D eigenvalue weighted by Crippen LogP contribution is 2.34. The minimum atomic E-state index is 0.172. The average Bonchev–Trinajstić information content (AvgIpc) is 2.67. The van der Waals surface area contributed by atoms with E-state index in [9.17, 15) is 0 Å². The Balaban J connectivity index is 0.00000326. The standard InChI is InChI=1S/C22H30N2O.C2H6/c1-7-21(25-6)16-20(4)19(3)9-8-18(2)17-24-14-11-22(5,10-13-23)12-15-24;1-2/h7-9,16H,1-4,10-12,14-15,17H2,5-6H3;1-2H3/b9-8-,21-16+;. The second-order valence-electron chi connectivity index (χ2n) is 6.92. The highest BCUT2D eigenvalue weighted by molar-refractivity contribution is 5.45. The molecule has 3 heteroatoms. The molecule has 148 valence electrons. The quantitative estimate of drug-likeness (QED) is 0.371. The highest BCUT2D eigenvalue weighted by Gasteiger charge is 2.29. The highest BCUT2D eigenvalue weighted by atomic mass is 16.5. The van der Waals surface area contributed by atoms with Gasteiger partial charge in [0.05, 0.1) is 13.2 Å². The molecule has 1 fully saturated rings. The zero-order valence-electron chi connectivity index (χ0n) is 17.7. The van der Waals surface area contributed by atoms with Gasteiger partial charge in [0.2, 0.25) is 0 Å². The third kappa shape index (κ3) is 9.26. The van der Waals surface area contributed by atoms with Crippen LogP contribution in [0.2, 0.25) is 0 Å². The van der Waals surface area contributed by atoms with Crippen LogP contribution in [0.25, 0.3) is 0 Å². The van der Waals surface area contributed by atoms with E-state index in [0.29, 0.717) is 12.2 Å². The molecule has 0 radical (unpaired) electrons. The summed E-state index contributed by atoms with van der Waals surface area (Å²) in [5.41, 5.74) is 2.81. The summed E-state index contributed by atoms with van der Waals surface area (Å²) in [5, 5.41) is 8.93. The zero-order chi connectivity index (χ0) is 20.9. The van der Waals surface area contributed by atoms with Crippen LogP contribution in [0.3, 0.4) is 0 Å². The normalized spacial score (nSPS) is 16.6. The molecule has 0 aromatic rings. The molecular formula is C24H36N2O. The number of hydrogen-bond donors (Lipinski definition) is 0. The van der Waals surface area contributed by atoms with Crippen molar-refractivity contribution < 1.29 is 4.74 Å². The van der Waals surface area contributed by atoms with Crippen LogP contribution in [-0.4, -0.2) is 31.6 Å². The Morgan fingerprint density at radius 2 is 1.74 bits per heavy atom. The van der Waals surface area contributed by atoms with Gasteiger partial charge in [-0.1, -0.05) is 59.2 Å². The lowest BCUT2D eigenvalue weighted by Gasteiger charge is -2.38. The van der Waals surface area contributed by atoms with E-state index in [1.807, 2.05) is 32.1 Å². The van der Waals surface area contributed by atoms with Gasteiger partial charge in [-0.25, -0.2) is 0 Å². The molecule has 0 spiro atoms. The Bertz CT molecular complexity index is 623. The minimum absolute atomic E-state index is 0.172. The molecule has 0 bridgehead atoms. The molecule has 1 rings (SSSR count). The third-order valence-corrected chi connectivity index (χ3v) is 4.68. The summed E-state index contributed by atoms with van der Waals surface area (Å²) < 4.78 is 5.15. The Hall–Kier alpha value is -2.31. The number of allylic oxidation sites excluding steroid dienone is 5. The van der Waals surface area contributed by atoms with Crippen molar-refractivity contribution in [2.75, 3.05) is 26.7 Å². The molecule has 3 nitrogen and oxygen atoms in total. The molecule has 0 saturated carbocycles. The fourth-order valence-electron chi connectivity index (χ4n) is 2.75. The number of piperidine rings is 1. The summed E-state index contributed by atoms with van der Waals surface area (Å²) in [7, 11) is 1.60. The lowest BCUT2D eigenvalue weighted by Crippen LogP contribution is -2.39. The van der Waals surface area contributed by atoms with E-state index in [4.69, 9.17) is 10.00 Å². The van der Waals surface area contributed by atoms with E-state index in [1.165, 1.54) is 0 Å². The van der Waals surface area contributed by atoms with E-state index in [-0.39, 0.29) is 5.41 Å². The van der Waals surface area contributed by atoms with Crippen LogP contribution in [-0.2, 0) is 4.74 Å². The van der Waals surface area contributed by atoms with Gasteiger partial charge in [0.15, 0.2) is 0 Å². The molecule has 1 saturated heterocycles. The first-order valence-electron chi connectivity index (χ1n) is 9.55. The number of ether oxygens (including phenoxy) is 1. The molecule has 1 heterocycles. The fraction of sp³-hybridized carbons (Fsp3) is 0.458. The first kappa shape index (κ1) is 24.7. The molecule has 0 N–H and O–H groups in total. The second-order valence-corrected chi connectivity index (χ2v) is 6.92. The smallest absolute Gasteiger partial charge is 0.118 e. The van der Waals surface area contributed by atoms with Crippen molar-refractivity contribution >= 4 is 0 Å². The molecule has 1 aliphatic heterocycles. The van der Waals surface area contributed by atoms with Crippen LogP contribution < -0.4 is 0 Å². The predicted octanol–water partition coefficient (Wildman–Crippen LogP) is 5.97. The fourth-order valence-corrected chi connectivity index (χ4v) is 2.75. The summed E-state index contributed by atoms with van der Waals surface area (Å²) in [4.78, 5) is 2.39. The maximum atomic E-state index is 8.93. The van der Waals surface area contributed by atoms with Gasteiger partial charge in [-0.2, -0.15) is 5.26 Å². The second kappa shape index (κ2) is 12.9. The van der Waals surface area contributed by atoms with Crippen LogP contribution >= 0.6 is 0 Å². The van der Waals surface area contributed by atoms with Crippen molar-refractivity contribution in [2.24, 2.45) is 5.41 Å². The van der Waals surface area contributed by atoms with E-state index in [0.717, 1.165) is 49.2 Å². The molecule has 1 aliphatic rings. The minimum Gasteiger partial charge on any atom is -0.497 e. The summed E-state index contributed by atoms with van der Waals surface area (Å²) in [6, 6.07) is 2.31. The molecule has 27 heavy (non-hydrogen) atoms. The van der Waals surface area contributed by atoms with E-state index >= 15 is 0 Å². The lowest BCUT2D eigenvalue weighted by atomic mass is 9.78. The number of likely N-dealkylation sites (tertiary alicyclic amines) is 1. The van der Waals surface area contributed by atoms with Gasteiger partial charge >= 0.3 is 0 Å². The number of rotatable bonds is 9.